The van der Waals surface area contributed by atoms with E-state index in [9.17, 15) is 9.59 Å². The molecule has 7 heteroatoms. The first-order valence-corrected chi connectivity index (χ1v) is 10.6. The molecule has 158 valence electrons. The van der Waals surface area contributed by atoms with Crippen molar-refractivity contribution in [2.24, 2.45) is 0 Å². The highest BCUT2D eigenvalue weighted by Crippen LogP contribution is 2.19. The van der Waals surface area contributed by atoms with Crippen LogP contribution in [0.4, 0.5) is 0 Å². The van der Waals surface area contributed by atoms with E-state index in [4.69, 9.17) is 11.6 Å². The molecule has 0 unspecified atom stereocenters. The molecule has 0 fully saturated rings. The quantitative estimate of drug-likeness (QED) is 0.477. The Hall–Kier alpha value is -3.38. The van der Waals surface area contributed by atoms with Gasteiger partial charge in [0.15, 0.2) is 0 Å². The average molecular weight is 435 g/mol. The Morgan fingerprint density at radius 3 is 2.68 bits per heavy atom. The molecule has 6 nitrogen and oxygen atoms in total. The number of H-pyrrole nitrogens is 1. The van der Waals surface area contributed by atoms with Gasteiger partial charge < -0.3 is 14.5 Å². The van der Waals surface area contributed by atoms with E-state index < -0.39 is 0 Å². The van der Waals surface area contributed by atoms with Crippen LogP contribution in [0, 0.1) is 6.92 Å². The van der Waals surface area contributed by atoms with Crippen LogP contribution in [0.15, 0.2) is 65.7 Å². The summed E-state index contributed by atoms with van der Waals surface area (Å²) in [6, 6.07) is 14.6. The number of aromatic amines is 1. The van der Waals surface area contributed by atoms with Crippen molar-refractivity contribution in [3.63, 3.8) is 0 Å². The van der Waals surface area contributed by atoms with Gasteiger partial charge in [0.25, 0.3) is 11.5 Å². The minimum atomic E-state index is -0.245. The van der Waals surface area contributed by atoms with Gasteiger partial charge in [-0.1, -0.05) is 24.6 Å². The first-order chi connectivity index (χ1) is 15.0. The molecule has 0 radical (unpaired) electrons. The maximum absolute atomic E-state index is 13.4. The van der Waals surface area contributed by atoms with E-state index in [-0.39, 0.29) is 18.0 Å². The van der Waals surface area contributed by atoms with Gasteiger partial charge >= 0.3 is 0 Å². The summed E-state index contributed by atoms with van der Waals surface area (Å²) in [6.07, 6.45) is 4.69. The molecule has 0 aliphatic carbocycles. The molecular weight excluding hydrogens is 412 g/mol. The number of carbonyl (C=O) groups is 1. The molecule has 2 aromatic carbocycles. The minimum Gasteiger partial charge on any atom is -0.331 e. The van der Waals surface area contributed by atoms with E-state index in [0.717, 1.165) is 17.7 Å². The van der Waals surface area contributed by atoms with Crippen molar-refractivity contribution in [1.82, 2.24) is 19.4 Å². The van der Waals surface area contributed by atoms with Crippen molar-refractivity contribution in [3.8, 4) is 5.69 Å². The lowest BCUT2D eigenvalue weighted by Gasteiger charge is -2.22. The molecule has 0 saturated carbocycles. The number of aryl methyl sites for hydroxylation is 1. The number of carbonyl (C=O) groups excluding carboxylic acids is 1. The van der Waals surface area contributed by atoms with Crippen molar-refractivity contribution in [2.45, 2.75) is 26.8 Å². The van der Waals surface area contributed by atoms with Gasteiger partial charge in [0, 0.05) is 35.2 Å². The summed E-state index contributed by atoms with van der Waals surface area (Å²) in [7, 11) is 0. The van der Waals surface area contributed by atoms with Crippen LogP contribution in [0.1, 0.15) is 35.1 Å². The zero-order valence-electron chi connectivity index (χ0n) is 17.4. The number of hydrogen-bond donors (Lipinski definition) is 1. The van der Waals surface area contributed by atoms with Crippen LogP contribution in [0.25, 0.3) is 16.6 Å². The smallest absolute Gasteiger partial charge is 0.258 e. The first kappa shape index (κ1) is 20.9. The van der Waals surface area contributed by atoms with E-state index in [0.29, 0.717) is 33.9 Å². The number of nitrogens with one attached hydrogen (secondary N) is 1. The third kappa shape index (κ3) is 4.39. The number of hydrogen-bond acceptors (Lipinski definition) is 3. The molecule has 0 saturated heterocycles. The molecule has 31 heavy (non-hydrogen) atoms. The first-order valence-electron chi connectivity index (χ1n) is 10.2. The Morgan fingerprint density at radius 2 is 1.94 bits per heavy atom. The van der Waals surface area contributed by atoms with Gasteiger partial charge in [-0.05, 0) is 61.4 Å². The summed E-state index contributed by atoms with van der Waals surface area (Å²) in [5, 5.41) is 0.978. The highest BCUT2D eigenvalue weighted by Gasteiger charge is 2.18. The molecule has 0 aliphatic heterocycles. The Balaban J connectivity index is 1.67. The molecule has 2 heterocycles. The lowest BCUT2D eigenvalue weighted by molar-refractivity contribution is 0.0739. The molecule has 1 N–H and O–H groups in total. The highest BCUT2D eigenvalue weighted by molar-refractivity contribution is 6.31. The zero-order chi connectivity index (χ0) is 22.0. The molecule has 0 bridgehead atoms. The van der Waals surface area contributed by atoms with Gasteiger partial charge in [0.1, 0.15) is 5.82 Å². The summed E-state index contributed by atoms with van der Waals surface area (Å²) >= 11 is 6.06. The number of rotatable bonds is 6. The predicted molar refractivity (Wildman–Crippen MR) is 123 cm³/mol. The monoisotopic (exact) mass is 434 g/mol. The minimum absolute atomic E-state index is 0.107. The third-order valence-corrected chi connectivity index (χ3v) is 5.41. The van der Waals surface area contributed by atoms with E-state index in [1.807, 2.05) is 61.1 Å². The normalized spacial score (nSPS) is 11.1. The fourth-order valence-electron chi connectivity index (χ4n) is 3.64. The second-order valence-electron chi connectivity index (χ2n) is 7.49. The van der Waals surface area contributed by atoms with Gasteiger partial charge in [-0.2, -0.15) is 0 Å². The topological polar surface area (TPSA) is 71.0 Å². The molecule has 4 rings (SSSR count). The maximum atomic E-state index is 13.4. The molecule has 0 spiro atoms. The molecule has 2 aromatic heterocycles. The molecule has 0 atom stereocenters. The van der Waals surface area contributed by atoms with E-state index in [1.165, 1.54) is 0 Å². The van der Waals surface area contributed by atoms with Crippen molar-refractivity contribution in [3.05, 3.63) is 93.3 Å². The third-order valence-electron chi connectivity index (χ3n) is 5.18. The van der Waals surface area contributed by atoms with Crippen molar-refractivity contribution in [1.29, 1.82) is 0 Å². The predicted octanol–water partition coefficient (Wildman–Crippen LogP) is 4.73. The number of amides is 1. The number of fused-ring (bicyclic) bond motifs is 1. The number of nitrogens with zero attached hydrogens (tertiary/aromatic N) is 3. The Bertz CT molecular complexity index is 1290. The van der Waals surface area contributed by atoms with Crippen LogP contribution in [0.3, 0.4) is 0 Å². The number of benzene rings is 2. The fraction of sp³-hybridized carbons (Fsp3) is 0.208. The summed E-state index contributed by atoms with van der Waals surface area (Å²) in [5.41, 5.74) is 2.89. The lowest BCUT2D eigenvalue weighted by Crippen LogP contribution is -2.33. The van der Waals surface area contributed by atoms with Gasteiger partial charge in [-0.15, -0.1) is 0 Å². The summed E-state index contributed by atoms with van der Waals surface area (Å²) < 4.78 is 1.99. The van der Waals surface area contributed by atoms with Gasteiger partial charge in [-0.3, -0.25) is 9.59 Å². The van der Waals surface area contributed by atoms with E-state index in [2.05, 4.69) is 9.97 Å². The van der Waals surface area contributed by atoms with Crippen molar-refractivity contribution < 1.29 is 4.79 Å². The average Bonchev–Trinajstić information content (AvgIpc) is 3.27. The van der Waals surface area contributed by atoms with E-state index in [1.54, 1.807) is 23.1 Å². The zero-order valence-corrected chi connectivity index (χ0v) is 18.2. The van der Waals surface area contributed by atoms with Crippen LogP contribution in [-0.4, -0.2) is 31.9 Å². The van der Waals surface area contributed by atoms with Crippen molar-refractivity contribution >= 4 is 28.4 Å². The van der Waals surface area contributed by atoms with Gasteiger partial charge in [0.05, 0.1) is 17.4 Å². The van der Waals surface area contributed by atoms with Crippen molar-refractivity contribution in [2.75, 3.05) is 6.54 Å². The Kier molecular flexibility index (Phi) is 5.91. The fourth-order valence-corrected chi connectivity index (χ4v) is 3.80. The summed E-state index contributed by atoms with van der Waals surface area (Å²) in [4.78, 5) is 34.8. The SMILES string of the molecule is CCCN(Cc1nc2cc(Cl)ccc2c(=O)[nH]1)C(=O)c1ccc(C)c(-n2cccc2)c1. The van der Waals surface area contributed by atoms with E-state index >= 15 is 0 Å². The Labute approximate surface area is 185 Å². The second kappa shape index (κ2) is 8.78. The van der Waals surface area contributed by atoms with Crippen LogP contribution in [0.5, 0.6) is 0 Å². The standard InChI is InChI=1S/C24H23ClN4O2/c1-3-10-29(15-22-26-20-14-18(25)8-9-19(20)23(30)27-22)24(31)17-7-6-16(2)21(13-17)28-11-4-5-12-28/h4-9,11-14H,3,10,15H2,1-2H3,(H,26,27,30). The van der Waals surface area contributed by atoms with Crippen LogP contribution < -0.4 is 5.56 Å². The van der Waals surface area contributed by atoms with Crippen LogP contribution >= 0.6 is 11.6 Å². The largest absolute Gasteiger partial charge is 0.331 e. The maximum Gasteiger partial charge on any atom is 0.258 e. The molecular formula is C24H23ClN4O2. The molecule has 4 aromatic rings. The van der Waals surface area contributed by atoms with Gasteiger partial charge in [-0.25, -0.2) is 4.98 Å². The molecule has 1 amide bonds. The lowest BCUT2D eigenvalue weighted by atomic mass is 10.1. The van der Waals surface area contributed by atoms with Crippen LogP contribution in [0.2, 0.25) is 5.02 Å². The number of aromatic nitrogens is 3. The summed E-state index contributed by atoms with van der Waals surface area (Å²) in [5.74, 6) is 0.323. The summed E-state index contributed by atoms with van der Waals surface area (Å²) in [6.45, 7) is 4.78. The van der Waals surface area contributed by atoms with Gasteiger partial charge in [0.2, 0.25) is 0 Å². The van der Waals surface area contributed by atoms with Crippen LogP contribution in [-0.2, 0) is 6.54 Å². The highest BCUT2D eigenvalue weighted by atomic mass is 35.5. The molecule has 0 aliphatic rings. The number of halogens is 1. The Morgan fingerprint density at radius 1 is 1.16 bits per heavy atom. The second-order valence-corrected chi connectivity index (χ2v) is 7.93.